The molecule has 31 heavy (non-hydrogen) atoms. The van der Waals surface area contributed by atoms with Crippen molar-refractivity contribution in [3.63, 3.8) is 0 Å². The Morgan fingerprint density at radius 2 is 1.52 bits per heavy atom. The van der Waals surface area contributed by atoms with Crippen molar-refractivity contribution in [1.82, 2.24) is 10.2 Å². The largest absolute Gasteiger partial charge is 0.352 e. The van der Waals surface area contributed by atoms with E-state index in [1.165, 1.54) is 11.1 Å². The standard InChI is InChI=1S/C26H36N2O2S/c1-6-21(5)27-26(30)24(7-2)28(18-22-12-8-19(3)9-13-22)25(29)16-17-31-23-14-10-20(4)11-15-23/h8-15,21,24H,6-7,16-18H2,1-5H3,(H,27,30)/t21-,24-/m1/s1. The molecule has 0 aliphatic rings. The van der Waals surface area contributed by atoms with E-state index in [-0.39, 0.29) is 17.9 Å². The van der Waals surface area contributed by atoms with E-state index in [4.69, 9.17) is 0 Å². The quantitative estimate of drug-likeness (QED) is 0.469. The van der Waals surface area contributed by atoms with Crippen LogP contribution in [0.4, 0.5) is 0 Å². The van der Waals surface area contributed by atoms with Crippen LogP contribution in [0.5, 0.6) is 0 Å². The van der Waals surface area contributed by atoms with Gasteiger partial charge in [0, 0.05) is 29.7 Å². The van der Waals surface area contributed by atoms with Gasteiger partial charge in [0.25, 0.3) is 0 Å². The first-order chi connectivity index (χ1) is 14.8. The number of benzene rings is 2. The van der Waals surface area contributed by atoms with E-state index in [0.29, 0.717) is 25.1 Å². The summed E-state index contributed by atoms with van der Waals surface area (Å²) in [6.45, 7) is 10.6. The Balaban J connectivity index is 2.12. The molecule has 1 N–H and O–H groups in total. The maximum Gasteiger partial charge on any atom is 0.243 e. The lowest BCUT2D eigenvalue weighted by Crippen LogP contribution is -2.50. The Labute approximate surface area is 191 Å². The van der Waals surface area contributed by atoms with E-state index in [0.717, 1.165) is 16.9 Å². The Bertz CT molecular complexity index is 833. The maximum atomic E-state index is 13.3. The van der Waals surface area contributed by atoms with E-state index in [1.807, 2.05) is 52.0 Å². The lowest BCUT2D eigenvalue weighted by atomic mass is 10.1. The van der Waals surface area contributed by atoms with Gasteiger partial charge in [-0.1, -0.05) is 61.4 Å². The summed E-state index contributed by atoms with van der Waals surface area (Å²) in [6.07, 6.45) is 1.85. The van der Waals surface area contributed by atoms with Gasteiger partial charge in [-0.25, -0.2) is 0 Å². The number of carbonyl (C=O) groups excluding carboxylic acids is 2. The van der Waals surface area contributed by atoms with Crippen LogP contribution in [0.15, 0.2) is 53.4 Å². The molecule has 0 spiro atoms. The average Bonchev–Trinajstić information content (AvgIpc) is 2.76. The van der Waals surface area contributed by atoms with E-state index in [1.54, 1.807) is 16.7 Å². The molecule has 0 bridgehead atoms. The number of carbonyl (C=O) groups is 2. The number of nitrogens with zero attached hydrogens (tertiary/aromatic N) is 1. The molecule has 0 unspecified atom stereocenters. The Morgan fingerprint density at radius 1 is 0.935 bits per heavy atom. The van der Waals surface area contributed by atoms with Crippen molar-refractivity contribution < 1.29 is 9.59 Å². The monoisotopic (exact) mass is 440 g/mol. The van der Waals surface area contributed by atoms with Crippen LogP contribution in [0.2, 0.25) is 0 Å². The Morgan fingerprint density at radius 3 is 2.06 bits per heavy atom. The number of hydrogen-bond acceptors (Lipinski definition) is 3. The van der Waals surface area contributed by atoms with Crippen LogP contribution in [0.3, 0.4) is 0 Å². The molecule has 0 radical (unpaired) electrons. The topological polar surface area (TPSA) is 49.4 Å². The van der Waals surface area contributed by atoms with Crippen LogP contribution >= 0.6 is 11.8 Å². The first-order valence-corrected chi connectivity index (χ1v) is 12.2. The highest BCUT2D eigenvalue weighted by molar-refractivity contribution is 7.99. The molecule has 2 amide bonds. The maximum absolute atomic E-state index is 13.3. The van der Waals surface area contributed by atoms with Crippen molar-refractivity contribution in [3.05, 3.63) is 65.2 Å². The van der Waals surface area contributed by atoms with Crippen LogP contribution in [0.1, 0.15) is 56.7 Å². The third-order valence-electron chi connectivity index (χ3n) is 5.47. The minimum Gasteiger partial charge on any atom is -0.352 e. The van der Waals surface area contributed by atoms with E-state index >= 15 is 0 Å². The SMILES string of the molecule is CC[C@@H](C)NC(=O)[C@@H](CC)N(Cc1ccc(C)cc1)C(=O)CCSc1ccc(C)cc1. The second-order valence-electron chi connectivity index (χ2n) is 8.16. The zero-order chi connectivity index (χ0) is 22.8. The summed E-state index contributed by atoms with van der Waals surface area (Å²) in [6, 6.07) is 16.1. The fourth-order valence-electron chi connectivity index (χ4n) is 3.29. The molecular weight excluding hydrogens is 404 g/mol. The normalized spacial score (nSPS) is 12.8. The van der Waals surface area contributed by atoms with Gasteiger partial charge < -0.3 is 10.2 Å². The fraction of sp³-hybridized carbons (Fsp3) is 0.462. The molecule has 0 saturated heterocycles. The lowest BCUT2D eigenvalue weighted by Gasteiger charge is -2.31. The zero-order valence-electron chi connectivity index (χ0n) is 19.5. The van der Waals surface area contributed by atoms with Gasteiger partial charge in [-0.2, -0.15) is 0 Å². The fourth-order valence-corrected chi connectivity index (χ4v) is 4.13. The van der Waals surface area contributed by atoms with Crippen LogP contribution in [-0.4, -0.2) is 34.6 Å². The van der Waals surface area contributed by atoms with Gasteiger partial charge >= 0.3 is 0 Å². The molecule has 0 aliphatic heterocycles. The molecule has 0 heterocycles. The summed E-state index contributed by atoms with van der Waals surface area (Å²) in [5.74, 6) is 0.644. The van der Waals surface area contributed by atoms with E-state index in [2.05, 4.69) is 36.5 Å². The van der Waals surface area contributed by atoms with Gasteiger partial charge in [0.05, 0.1) is 0 Å². The molecule has 0 saturated carbocycles. The van der Waals surface area contributed by atoms with Gasteiger partial charge in [-0.15, -0.1) is 11.8 Å². The molecular formula is C26H36N2O2S. The van der Waals surface area contributed by atoms with Crippen molar-refractivity contribution in [1.29, 1.82) is 0 Å². The van der Waals surface area contributed by atoms with Crippen LogP contribution < -0.4 is 5.32 Å². The summed E-state index contributed by atoms with van der Waals surface area (Å²) < 4.78 is 0. The second kappa shape index (κ2) is 12.6. The van der Waals surface area contributed by atoms with Crippen LogP contribution in [-0.2, 0) is 16.1 Å². The van der Waals surface area contributed by atoms with Gasteiger partial charge in [-0.3, -0.25) is 9.59 Å². The highest BCUT2D eigenvalue weighted by Gasteiger charge is 2.28. The van der Waals surface area contributed by atoms with Crippen LogP contribution in [0.25, 0.3) is 0 Å². The van der Waals surface area contributed by atoms with Crippen molar-refractivity contribution in [3.8, 4) is 0 Å². The number of amides is 2. The summed E-state index contributed by atoms with van der Waals surface area (Å²) in [7, 11) is 0. The minimum absolute atomic E-state index is 0.0198. The molecule has 4 nitrogen and oxygen atoms in total. The predicted octanol–water partition coefficient (Wildman–Crippen LogP) is 5.51. The van der Waals surface area contributed by atoms with E-state index in [9.17, 15) is 9.59 Å². The highest BCUT2D eigenvalue weighted by atomic mass is 32.2. The van der Waals surface area contributed by atoms with Gasteiger partial charge in [0.15, 0.2) is 0 Å². The molecule has 0 aromatic heterocycles. The van der Waals surface area contributed by atoms with Crippen molar-refractivity contribution in [2.45, 2.75) is 77.4 Å². The number of rotatable bonds is 11. The molecule has 2 rings (SSSR count). The van der Waals surface area contributed by atoms with Crippen molar-refractivity contribution >= 4 is 23.6 Å². The second-order valence-corrected chi connectivity index (χ2v) is 9.33. The van der Waals surface area contributed by atoms with Gasteiger partial charge in [0.2, 0.25) is 11.8 Å². The first kappa shape index (κ1) is 25.0. The third-order valence-corrected chi connectivity index (χ3v) is 6.48. The van der Waals surface area contributed by atoms with Crippen molar-refractivity contribution in [2.75, 3.05) is 5.75 Å². The molecule has 0 aliphatic carbocycles. The van der Waals surface area contributed by atoms with E-state index < -0.39 is 6.04 Å². The molecule has 2 atom stereocenters. The first-order valence-electron chi connectivity index (χ1n) is 11.2. The zero-order valence-corrected chi connectivity index (χ0v) is 20.3. The summed E-state index contributed by atoms with van der Waals surface area (Å²) in [5.41, 5.74) is 3.44. The van der Waals surface area contributed by atoms with Crippen LogP contribution in [0, 0.1) is 13.8 Å². The van der Waals surface area contributed by atoms with Gasteiger partial charge in [-0.05, 0) is 51.3 Å². The van der Waals surface area contributed by atoms with Gasteiger partial charge in [0.1, 0.15) is 6.04 Å². The summed E-state index contributed by atoms with van der Waals surface area (Å²) >= 11 is 1.68. The Kier molecular flexibility index (Phi) is 10.1. The third kappa shape index (κ3) is 8.06. The van der Waals surface area contributed by atoms with Crippen molar-refractivity contribution in [2.24, 2.45) is 0 Å². The smallest absolute Gasteiger partial charge is 0.243 e. The minimum atomic E-state index is -0.466. The molecule has 2 aromatic rings. The predicted molar refractivity (Wildman–Crippen MR) is 130 cm³/mol. The lowest BCUT2D eigenvalue weighted by molar-refractivity contribution is -0.141. The highest BCUT2D eigenvalue weighted by Crippen LogP contribution is 2.21. The Hall–Kier alpha value is -2.27. The number of thioether (sulfide) groups is 1. The molecule has 0 fully saturated rings. The molecule has 5 heteroatoms. The summed E-state index contributed by atoms with van der Waals surface area (Å²) in [5, 5.41) is 3.06. The molecule has 2 aromatic carbocycles. The average molecular weight is 441 g/mol. The summed E-state index contributed by atoms with van der Waals surface area (Å²) in [4.78, 5) is 29.1. The molecule has 168 valence electrons. The number of aryl methyl sites for hydroxylation is 2. The number of nitrogens with one attached hydrogen (secondary N) is 1. The number of hydrogen-bond donors (Lipinski definition) is 1.